The van der Waals surface area contributed by atoms with Gasteiger partial charge in [-0.3, -0.25) is 14.2 Å². The molecule has 32 heavy (non-hydrogen) atoms. The normalized spacial score (nSPS) is 12.3. The van der Waals surface area contributed by atoms with Crippen LogP contribution < -0.4 is 16.6 Å². The molecule has 0 spiro atoms. The molecule has 2 aromatic heterocycles. The number of rotatable bonds is 7. The number of nitrogens with zero attached hydrogens (tertiary/aromatic N) is 4. The highest BCUT2D eigenvalue weighted by atomic mass is 16.2. The Morgan fingerprint density at radius 1 is 1.09 bits per heavy atom. The number of carbonyl (C=O) groups is 1. The van der Waals surface area contributed by atoms with Gasteiger partial charge in [0, 0.05) is 18.2 Å². The number of hydrogen-bond donors (Lipinski definition) is 1. The largest absolute Gasteiger partial charge is 0.352 e. The van der Waals surface area contributed by atoms with Crippen LogP contribution in [0.25, 0.3) is 16.7 Å². The number of amides is 1. The van der Waals surface area contributed by atoms with Crippen LogP contribution in [0.2, 0.25) is 0 Å². The quantitative estimate of drug-likeness (QED) is 0.485. The molecule has 8 heteroatoms. The van der Waals surface area contributed by atoms with E-state index in [4.69, 9.17) is 0 Å². The molecule has 0 fully saturated rings. The van der Waals surface area contributed by atoms with E-state index in [1.54, 1.807) is 18.2 Å². The maximum atomic E-state index is 13.4. The average molecular weight is 434 g/mol. The van der Waals surface area contributed by atoms with Gasteiger partial charge in [-0.15, -0.1) is 5.10 Å². The van der Waals surface area contributed by atoms with Crippen molar-refractivity contribution in [3.63, 3.8) is 0 Å². The Morgan fingerprint density at radius 3 is 2.53 bits per heavy atom. The standard InChI is InChI=1S/C24H27N5O3/c1-4-13-27-22(31)19-12-11-18(21(30)25-16(3)5-2)14-20(19)29-23(27)26-28(24(29)32)15-17-9-7-6-8-10-17/h6-12,14,16H,4-5,13,15H2,1-3H3,(H,25,30). The Kier molecular flexibility index (Phi) is 5.94. The predicted octanol–water partition coefficient (Wildman–Crippen LogP) is 2.80. The van der Waals surface area contributed by atoms with Gasteiger partial charge >= 0.3 is 5.69 Å². The lowest BCUT2D eigenvalue weighted by atomic mass is 10.1. The summed E-state index contributed by atoms with van der Waals surface area (Å²) in [6, 6.07) is 14.4. The first-order chi connectivity index (χ1) is 15.4. The third kappa shape index (κ3) is 3.84. The minimum atomic E-state index is -0.349. The van der Waals surface area contributed by atoms with Crippen molar-refractivity contribution in [2.45, 2.75) is 52.7 Å². The van der Waals surface area contributed by atoms with Crippen LogP contribution in [0.4, 0.5) is 0 Å². The first kappa shape index (κ1) is 21.5. The Labute approximate surface area is 185 Å². The fraction of sp³-hybridized carbons (Fsp3) is 0.333. The molecule has 4 aromatic rings. The van der Waals surface area contributed by atoms with Gasteiger partial charge < -0.3 is 5.32 Å². The second-order valence-electron chi connectivity index (χ2n) is 8.03. The molecule has 0 aliphatic rings. The molecule has 1 atom stereocenters. The summed E-state index contributed by atoms with van der Waals surface area (Å²) in [6.07, 6.45) is 1.52. The van der Waals surface area contributed by atoms with Crippen LogP contribution in [0.3, 0.4) is 0 Å². The Morgan fingerprint density at radius 2 is 1.84 bits per heavy atom. The van der Waals surface area contributed by atoms with Crippen molar-refractivity contribution in [3.8, 4) is 0 Å². The molecule has 0 aliphatic carbocycles. The Balaban J connectivity index is 1.95. The van der Waals surface area contributed by atoms with E-state index in [0.717, 1.165) is 18.4 Å². The van der Waals surface area contributed by atoms with Crippen molar-refractivity contribution in [1.82, 2.24) is 24.1 Å². The molecule has 2 heterocycles. The summed E-state index contributed by atoms with van der Waals surface area (Å²) in [6.45, 7) is 6.62. The van der Waals surface area contributed by atoms with Gasteiger partial charge in [-0.25, -0.2) is 13.9 Å². The molecule has 0 radical (unpaired) electrons. The first-order valence-electron chi connectivity index (χ1n) is 11.0. The zero-order chi connectivity index (χ0) is 22.8. The van der Waals surface area contributed by atoms with Gasteiger partial charge in [-0.05, 0) is 43.5 Å². The highest BCUT2D eigenvalue weighted by Crippen LogP contribution is 2.15. The van der Waals surface area contributed by atoms with E-state index >= 15 is 0 Å². The zero-order valence-electron chi connectivity index (χ0n) is 18.5. The van der Waals surface area contributed by atoms with Crippen molar-refractivity contribution in [1.29, 1.82) is 0 Å². The SMILES string of the molecule is CCCn1c(=O)c2ccc(C(=O)NC(C)CC)cc2n2c(=O)n(Cc3ccccc3)nc12. The molecule has 0 aliphatic heterocycles. The first-order valence-corrected chi connectivity index (χ1v) is 11.0. The molecule has 2 aromatic carbocycles. The maximum absolute atomic E-state index is 13.4. The number of carbonyl (C=O) groups excluding carboxylic acids is 1. The van der Waals surface area contributed by atoms with Crippen molar-refractivity contribution < 1.29 is 4.79 Å². The molecule has 1 unspecified atom stereocenters. The number of aryl methyl sites for hydroxylation is 1. The second-order valence-corrected chi connectivity index (χ2v) is 8.03. The average Bonchev–Trinajstić information content (AvgIpc) is 3.12. The van der Waals surface area contributed by atoms with Crippen LogP contribution in [0, 0.1) is 0 Å². The van der Waals surface area contributed by atoms with E-state index < -0.39 is 0 Å². The highest BCUT2D eigenvalue weighted by Gasteiger charge is 2.19. The van der Waals surface area contributed by atoms with Crippen LogP contribution in [0.15, 0.2) is 58.1 Å². The summed E-state index contributed by atoms with van der Waals surface area (Å²) >= 11 is 0. The van der Waals surface area contributed by atoms with E-state index in [1.807, 2.05) is 51.1 Å². The van der Waals surface area contributed by atoms with E-state index in [9.17, 15) is 14.4 Å². The number of fused-ring (bicyclic) bond motifs is 3. The van der Waals surface area contributed by atoms with E-state index in [1.165, 1.54) is 13.6 Å². The van der Waals surface area contributed by atoms with Crippen molar-refractivity contribution in [3.05, 3.63) is 80.5 Å². The summed E-state index contributed by atoms with van der Waals surface area (Å²) in [5.41, 5.74) is 1.14. The van der Waals surface area contributed by atoms with E-state index in [2.05, 4.69) is 10.4 Å². The van der Waals surface area contributed by atoms with Gasteiger partial charge in [0.05, 0.1) is 17.4 Å². The molecule has 1 N–H and O–H groups in total. The summed E-state index contributed by atoms with van der Waals surface area (Å²) < 4.78 is 4.33. The molecule has 1 amide bonds. The minimum absolute atomic E-state index is 0.0205. The minimum Gasteiger partial charge on any atom is -0.350 e. The molecule has 0 bridgehead atoms. The molecule has 4 rings (SSSR count). The topological polar surface area (TPSA) is 90.4 Å². The smallest absolute Gasteiger partial charge is 0.350 e. The summed E-state index contributed by atoms with van der Waals surface area (Å²) in [4.78, 5) is 39.3. The Hall–Kier alpha value is -3.68. The monoisotopic (exact) mass is 433 g/mol. The number of nitrogens with one attached hydrogen (secondary N) is 1. The second kappa shape index (κ2) is 8.82. The number of aromatic nitrogens is 4. The van der Waals surface area contributed by atoms with E-state index in [-0.39, 0.29) is 35.5 Å². The van der Waals surface area contributed by atoms with Crippen molar-refractivity contribution in [2.24, 2.45) is 0 Å². The number of hydrogen-bond acceptors (Lipinski definition) is 4. The molecule has 0 saturated heterocycles. The molecule has 166 valence electrons. The lowest BCUT2D eigenvalue weighted by Crippen LogP contribution is -2.32. The van der Waals surface area contributed by atoms with Gasteiger partial charge in [0.1, 0.15) is 0 Å². The van der Waals surface area contributed by atoms with Gasteiger partial charge in [-0.1, -0.05) is 44.2 Å². The molecule has 8 nitrogen and oxygen atoms in total. The van der Waals surface area contributed by atoms with E-state index in [0.29, 0.717) is 23.0 Å². The van der Waals surface area contributed by atoms with Crippen molar-refractivity contribution in [2.75, 3.05) is 0 Å². The van der Waals surface area contributed by atoms with Crippen LogP contribution in [0.5, 0.6) is 0 Å². The third-order valence-corrected chi connectivity index (χ3v) is 5.65. The number of benzene rings is 2. The predicted molar refractivity (Wildman–Crippen MR) is 124 cm³/mol. The van der Waals surface area contributed by atoms with Gasteiger partial charge in [0.2, 0.25) is 5.78 Å². The summed E-state index contributed by atoms with van der Waals surface area (Å²) in [5.74, 6) is 0.0432. The fourth-order valence-electron chi connectivity index (χ4n) is 3.75. The van der Waals surface area contributed by atoms with Crippen LogP contribution in [-0.2, 0) is 13.1 Å². The van der Waals surface area contributed by atoms with Crippen LogP contribution in [0.1, 0.15) is 49.5 Å². The van der Waals surface area contributed by atoms with Gasteiger partial charge in [0.15, 0.2) is 0 Å². The van der Waals surface area contributed by atoms with Gasteiger partial charge in [0.25, 0.3) is 11.5 Å². The van der Waals surface area contributed by atoms with Crippen molar-refractivity contribution >= 4 is 22.6 Å². The fourth-order valence-corrected chi connectivity index (χ4v) is 3.75. The molecule has 0 saturated carbocycles. The lowest BCUT2D eigenvalue weighted by molar-refractivity contribution is 0.0939. The Bertz CT molecular complexity index is 1400. The highest BCUT2D eigenvalue weighted by molar-refractivity contribution is 5.98. The van der Waals surface area contributed by atoms with Crippen LogP contribution in [-0.4, -0.2) is 30.7 Å². The van der Waals surface area contributed by atoms with Gasteiger partial charge in [-0.2, -0.15) is 0 Å². The third-order valence-electron chi connectivity index (χ3n) is 5.65. The molecular formula is C24H27N5O3. The summed E-state index contributed by atoms with van der Waals surface area (Å²) in [5, 5.41) is 7.81. The van der Waals surface area contributed by atoms with Crippen LogP contribution >= 0.6 is 0 Å². The maximum Gasteiger partial charge on any atom is 0.352 e. The lowest BCUT2D eigenvalue weighted by Gasteiger charge is -2.13. The summed E-state index contributed by atoms with van der Waals surface area (Å²) in [7, 11) is 0. The molecular weight excluding hydrogens is 406 g/mol. The zero-order valence-corrected chi connectivity index (χ0v) is 18.5.